The first kappa shape index (κ1) is 30.8. The number of hydrogen-bond acceptors (Lipinski definition) is 9. The molecule has 6 rings (SSSR count). The molecule has 0 radical (unpaired) electrons. The molecule has 45 heavy (non-hydrogen) atoms. The van der Waals surface area contributed by atoms with Crippen molar-refractivity contribution in [3.63, 3.8) is 0 Å². The zero-order chi connectivity index (χ0) is 32.1. The molecule has 0 saturated carbocycles. The quantitative estimate of drug-likeness (QED) is 0.247. The van der Waals surface area contributed by atoms with Gasteiger partial charge >= 0.3 is 12.1 Å². The summed E-state index contributed by atoms with van der Waals surface area (Å²) in [6.45, 7) is 8.99. The lowest BCUT2D eigenvalue weighted by atomic mass is 9.71. The standard InChI is InChI=1S/C33H39FN6O5/c1-7-19-9-8-10-20-13-35-14-22(25(19)20)27-26(34)28-23(15-36-27)29(38-30(37-28)45-17-24(43-5)44-6)39-16-21-11-12-33(18-39,32(2,3)4)40(21)31(41)42/h8-10,13-15,21,24H,7,11-12,16-18H2,1-6H3,(H,41,42). The van der Waals surface area contributed by atoms with Crippen LogP contribution in [0.3, 0.4) is 0 Å². The minimum absolute atomic E-state index is 0.0219. The van der Waals surface area contributed by atoms with E-state index in [2.05, 4.69) is 42.6 Å². The largest absolute Gasteiger partial charge is 0.465 e. The molecule has 2 atom stereocenters. The van der Waals surface area contributed by atoms with Crippen LogP contribution < -0.4 is 9.64 Å². The number of aryl methyl sites for hydroxylation is 1. The topological polar surface area (TPSA) is 123 Å². The van der Waals surface area contributed by atoms with Crippen molar-refractivity contribution in [2.24, 2.45) is 5.41 Å². The van der Waals surface area contributed by atoms with Gasteiger partial charge in [-0.2, -0.15) is 9.97 Å². The third kappa shape index (κ3) is 5.09. The number of methoxy groups -OCH3 is 2. The first-order valence-corrected chi connectivity index (χ1v) is 15.2. The van der Waals surface area contributed by atoms with Gasteiger partial charge in [-0.15, -0.1) is 0 Å². The molecule has 2 aliphatic rings. The predicted octanol–water partition coefficient (Wildman–Crippen LogP) is 5.69. The monoisotopic (exact) mass is 618 g/mol. The molecule has 2 fully saturated rings. The Balaban J connectivity index is 1.53. The smallest absolute Gasteiger partial charge is 0.408 e. The molecule has 1 aromatic carbocycles. The van der Waals surface area contributed by atoms with E-state index in [9.17, 15) is 9.90 Å². The fourth-order valence-corrected chi connectivity index (χ4v) is 7.12. The van der Waals surface area contributed by atoms with E-state index in [1.54, 1.807) is 23.5 Å². The number of carboxylic acid groups (broad SMARTS) is 1. The first-order valence-electron chi connectivity index (χ1n) is 15.2. The summed E-state index contributed by atoms with van der Waals surface area (Å²) in [5.74, 6) is -0.177. The zero-order valence-corrected chi connectivity index (χ0v) is 26.5. The minimum atomic E-state index is -0.929. The van der Waals surface area contributed by atoms with Gasteiger partial charge in [0.15, 0.2) is 12.1 Å². The van der Waals surface area contributed by atoms with Crippen molar-refractivity contribution < 1.29 is 28.5 Å². The van der Waals surface area contributed by atoms with E-state index in [1.807, 2.05) is 23.1 Å². The second kappa shape index (κ2) is 11.6. The molecule has 1 amide bonds. The van der Waals surface area contributed by atoms with Crippen molar-refractivity contribution in [1.82, 2.24) is 24.8 Å². The molecule has 1 N–H and O–H groups in total. The average Bonchev–Trinajstić information content (AvgIpc) is 3.28. The lowest BCUT2D eigenvalue weighted by molar-refractivity contribution is -0.123. The lowest BCUT2D eigenvalue weighted by Crippen LogP contribution is -2.68. The van der Waals surface area contributed by atoms with E-state index in [1.165, 1.54) is 14.2 Å². The molecule has 2 bridgehead atoms. The van der Waals surface area contributed by atoms with Gasteiger partial charge in [0.05, 0.1) is 17.0 Å². The fraction of sp³-hybridized carbons (Fsp3) is 0.485. The van der Waals surface area contributed by atoms with Crippen LogP contribution in [-0.2, 0) is 15.9 Å². The van der Waals surface area contributed by atoms with Gasteiger partial charge in [-0.1, -0.05) is 45.9 Å². The summed E-state index contributed by atoms with van der Waals surface area (Å²) in [6.07, 6.45) is 5.58. The molecule has 3 aromatic heterocycles. The second-order valence-electron chi connectivity index (χ2n) is 12.8. The molecular weight excluding hydrogens is 579 g/mol. The minimum Gasteiger partial charge on any atom is -0.465 e. The van der Waals surface area contributed by atoms with E-state index in [0.717, 1.165) is 29.2 Å². The SMILES string of the molecule is CCc1cccc2cncc(-c3ncc4c(N5CC6CCC(C(C)(C)C)(C5)N6C(=O)O)nc(OCC(OC)OC)nc4c3F)c12. The van der Waals surface area contributed by atoms with Crippen molar-refractivity contribution in [2.75, 3.05) is 38.8 Å². The van der Waals surface area contributed by atoms with Crippen LogP contribution in [-0.4, -0.2) is 87.8 Å². The summed E-state index contributed by atoms with van der Waals surface area (Å²) in [5, 5.41) is 12.4. The fourth-order valence-electron chi connectivity index (χ4n) is 7.12. The van der Waals surface area contributed by atoms with E-state index in [-0.39, 0.29) is 35.3 Å². The zero-order valence-electron chi connectivity index (χ0n) is 26.5. The molecule has 2 aliphatic heterocycles. The van der Waals surface area contributed by atoms with E-state index in [0.29, 0.717) is 36.3 Å². The highest BCUT2D eigenvalue weighted by molar-refractivity contribution is 6.00. The molecule has 2 saturated heterocycles. The molecule has 2 unspecified atom stereocenters. The Morgan fingerprint density at radius 3 is 2.64 bits per heavy atom. The summed E-state index contributed by atoms with van der Waals surface area (Å²) in [5.41, 5.74) is 0.767. The molecule has 5 heterocycles. The molecule has 238 valence electrons. The number of rotatable bonds is 8. The van der Waals surface area contributed by atoms with Crippen molar-refractivity contribution >= 4 is 33.6 Å². The Morgan fingerprint density at radius 2 is 1.96 bits per heavy atom. The molecular formula is C33H39FN6O5. The van der Waals surface area contributed by atoms with Crippen molar-refractivity contribution in [3.05, 3.63) is 48.2 Å². The van der Waals surface area contributed by atoms with E-state index >= 15 is 4.39 Å². The van der Waals surface area contributed by atoms with Crippen LogP contribution in [0.1, 0.15) is 46.1 Å². The van der Waals surface area contributed by atoms with E-state index in [4.69, 9.17) is 19.2 Å². The number of nitrogens with zero attached hydrogens (tertiary/aromatic N) is 6. The van der Waals surface area contributed by atoms with Crippen LogP contribution in [0, 0.1) is 11.2 Å². The number of halogens is 1. The number of carbonyl (C=O) groups is 1. The van der Waals surface area contributed by atoms with Crippen LogP contribution in [0.2, 0.25) is 0 Å². The summed E-state index contributed by atoms with van der Waals surface area (Å²) in [7, 11) is 2.99. The maximum absolute atomic E-state index is 16.8. The summed E-state index contributed by atoms with van der Waals surface area (Å²) >= 11 is 0. The normalized spacial score (nSPS) is 20.0. The number of hydrogen-bond donors (Lipinski definition) is 1. The van der Waals surface area contributed by atoms with Gasteiger partial charge in [0, 0.05) is 56.8 Å². The van der Waals surface area contributed by atoms with Crippen LogP contribution >= 0.6 is 0 Å². The van der Waals surface area contributed by atoms with Crippen molar-refractivity contribution in [1.29, 1.82) is 0 Å². The van der Waals surface area contributed by atoms with Crippen LogP contribution in [0.25, 0.3) is 32.9 Å². The summed E-state index contributed by atoms with van der Waals surface area (Å²) in [6, 6.07) is 5.65. The van der Waals surface area contributed by atoms with Gasteiger partial charge in [0.2, 0.25) is 0 Å². The number of benzene rings is 1. The maximum Gasteiger partial charge on any atom is 0.408 e. The van der Waals surface area contributed by atoms with Gasteiger partial charge in [-0.25, -0.2) is 9.18 Å². The average molecular weight is 619 g/mol. The third-order valence-corrected chi connectivity index (χ3v) is 9.53. The van der Waals surface area contributed by atoms with Crippen LogP contribution in [0.4, 0.5) is 15.0 Å². The summed E-state index contributed by atoms with van der Waals surface area (Å²) < 4.78 is 33.2. The van der Waals surface area contributed by atoms with Crippen LogP contribution in [0.5, 0.6) is 6.01 Å². The van der Waals surface area contributed by atoms with Gasteiger partial charge in [-0.05, 0) is 35.6 Å². The predicted molar refractivity (Wildman–Crippen MR) is 168 cm³/mol. The molecule has 12 heteroatoms. The Labute approximate surface area is 261 Å². The van der Waals surface area contributed by atoms with Gasteiger partial charge in [0.1, 0.15) is 23.6 Å². The lowest BCUT2D eigenvalue weighted by Gasteiger charge is -2.54. The van der Waals surface area contributed by atoms with Crippen molar-refractivity contribution in [2.45, 2.75) is 64.8 Å². The molecule has 0 aliphatic carbocycles. The van der Waals surface area contributed by atoms with Crippen molar-refractivity contribution in [3.8, 4) is 17.3 Å². The number of pyridine rings is 2. The second-order valence-corrected chi connectivity index (χ2v) is 12.8. The number of fused-ring (bicyclic) bond motifs is 4. The summed E-state index contributed by atoms with van der Waals surface area (Å²) in [4.78, 5) is 34.5. The van der Waals surface area contributed by atoms with Crippen LogP contribution in [0.15, 0.2) is 36.8 Å². The molecule has 0 spiro atoms. The number of amides is 1. The van der Waals surface area contributed by atoms with E-state index < -0.39 is 23.7 Å². The number of ether oxygens (including phenoxy) is 3. The molecule has 4 aromatic rings. The Hall–Kier alpha value is -4.16. The van der Waals surface area contributed by atoms with Gasteiger partial charge in [-0.3, -0.25) is 14.9 Å². The number of piperazine rings is 1. The number of aromatic nitrogens is 4. The highest BCUT2D eigenvalue weighted by Crippen LogP contribution is 2.50. The van der Waals surface area contributed by atoms with Gasteiger partial charge < -0.3 is 24.2 Å². The highest BCUT2D eigenvalue weighted by Gasteiger charge is 2.59. The molecule has 11 nitrogen and oxygen atoms in total. The first-order chi connectivity index (χ1) is 21.5. The highest BCUT2D eigenvalue weighted by atomic mass is 19.1. The third-order valence-electron chi connectivity index (χ3n) is 9.53. The number of anilines is 1. The Kier molecular flexibility index (Phi) is 7.98. The maximum atomic E-state index is 16.8. The van der Waals surface area contributed by atoms with Gasteiger partial charge in [0.25, 0.3) is 0 Å². The Bertz CT molecular complexity index is 1750. The Morgan fingerprint density at radius 1 is 1.18 bits per heavy atom.